The Balaban J connectivity index is 1.73. The second kappa shape index (κ2) is 10.1. The van der Waals surface area contributed by atoms with Crippen molar-refractivity contribution in [1.82, 2.24) is 9.21 Å². The highest BCUT2D eigenvalue weighted by Crippen LogP contribution is 2.28. The molecule has 4 atom stereocenters. The lowest BCUT2D eigenvalue weighted by molar-refractivity contribution is -0.140. The van der Waals surface area contributed by atoms with E-state index in [-0.39, 0.29) is 58.8 Å². The summed E-state index contributed by atoms with van der Waals surface area (Å²) >= 11 is 6.19. The van der Waals surface area contributed by atoms with E-state index in [0.717, 1.165) is 19.3 Å². The highest BCUT2D eigenvalue weighted by molar-refractivity contribution is 7.89. The first-order valence-electron chi connectivity index (χ1n) is 10.9. The molecule has 0 bridgehead atoms. The molecule has 0 unspecified atom stereocenters. The minimum Gasteiger partial charge on any atom is -0.452 e. The first-order valence-corrected chi connectivity index (χ1v) is 12.8. The molecule has 1 amide bonds. The van der Waals surface area contributed by atoms with Crippen LogP contribution in [0, 0.1) is 0 Å². The van der Waals surface area contributed by atoms with Crippen LogP contribution in [0.25, 0.3) is 0 Å². The van der Waals surface area contributed by atoms with Crippen molar-refractivity contribution in [2.75, 3.05) is 19.7 Å². The zero-order chi connectivity index (χ0) is 23.6. The molecule has 3 rings (SSSR count). The van der Waals surface area contributed by atoms with Crippen molar-refractivity contribution in [1.29, 1.82) is 0 Å². The van der Waals surface area contributed by atoms with Crippen LogP contribution >= 0.6 is 11.6 Å². The zero-order valence-electron chi connectivity index (χ0n) is 18.9. The van der Waals surface area contributed by atoms with E-state index in [2.05, 4.69) is 0 Å². The Kier molecular flexibility index (Phi) is 7.85. The van der Waals surface area contributed by atoms with Gasteiger partial charge in [-0.2, -0.15) is 4.31 Å². The summed E-state index contributed by atoms with van der Waals surface area (Å²) in [6, 6.07) is 4.15. The quantitative estimate of drug-likeness (QED) is 0.594. The molecule has 32 heavy (non-hydrogen) atoms. The molecular weight excluding hydrogens is 456 g/mol. The molecule has 0 aliphatic carbocycles. The zero-order valence-corrected chi connectivity index (χ0v) is 20.5. The number of hydrogen-bond acceptors (Lipinski definition) is 6. The second-order valence-electron chi connectivity index (χ2n) is 8.73. The maximum atomic E-state index is 13.2. The number of esters is 1. The van der Waals surface area contributed by atoms with Crippen molar-refractivity contribution in [3.63, 3.8) is 0 Å². The highest BCUT2D eigenvalue weighted by Gasteiger charge is 2.34. The second-order valence-corrected chi connectivity index (χ2v) is 11.0. The minimum absolute atomic E-state index is 0.0143. The minimum atomic E-state index is -3.94. The van der Waals surface area contributed by atoms with Crippen molar-refractivity contribution in [2.24, 2.45) is 0 Å². The summed E-state index contributed by atoms with van der Waals surface area (Å²) in [5.74, 6) is -1.02. The van der Waals surface area contributed by atoms with Crippen LogP contribution in [-0.2, 0) is 24.3 Å². The number of hydrogen-bond donors (Lipinski definition) is 0. The smallest absolute Gasteiger partial charge is 0.338 e. The Morgan fingerprint density at radius 1 is 1.09 bits per heavy atom. The third kappa shape index (κ3) is 5.44. The Hall–Kier alpha value is -1.68. The predicted molar refractivity (Wildman–Crippen MR) is 120 cm³/mol. The van der Waals surface area contributed by atoms with Gasteiger partial charge in [0, 0.05) is 25.2 Å². The number of likely N-dealkylation sites (tertiary alicyclic amines) is 1. The van der Waals surface area contributed by atoms with Crippen molar-refractivity contribution >= 4 is 33.5 Å². The number of amides is 1. The van der Waals surface area contributed by atoms with Crippen molar-refractivity contribution in [3.05, 3.63) is 28.8 Å². The van der Waals surface area contributed by atoms with Gasteiger partial charge in [-0.1, -0.05) is 11.6 Å². The normalized spacial score (nSPS) is 27.2. The molecule has 1 aromatic carbocycles. The highest BCUT2D eigenvalue weighted by atomic mass is 35.5. The molecule has 1 aromatic rings. The van der Waals surface area contributed by atoms with Crippen molar-refractivity contribution < 1.29 is 27.5 Å². The van der Waals surface area contributed by atoms with E-state index in [1.54, 1.807) is 18.7 Å². The lowest BCUT2D eigenvalue weighted by Gasteiger charge is -2.38. The Bertz CT molecular complexity index is 949. The van der Waals surface area contributed by atoms with Crippen LogP contribution < -0.4 is 0 Å². The fourth-order valence-corrected chi connectivity index (χ4v) is 6.58. The third-order valence-electron chi connectivity index (χ3n) is 5.98. The molecule has 0 aromatic heterocycles. The van der Waals surface area contributed by atoms with Crippen LogP contribution in [0.1, 0.15) is 57.3 Å². The summed E-state index contributed by atoms with van der Waals surface area (Å²) in [4.78, 5) is 26.8. The summed E-state index contributed by atoms with van der Waals surface area (Å²) < 4.78 is 38.5. The maximum absolute atomic E-state index is 13.2. The summed E-state index contributed by atoms with van der Waals surface area (Å²) in [6.07, 6.45) is 2.38. The summed E-state index contributed by atoms with van der Waals surface area (Å²) in [5, 5.41) is 0.0143. The topological polar surface area (TPSA) is 93.2 Å². The molecular formula is C22H31ClN2O6S. The Morgan fingerprint density at radius 2 is 1.69 bits per heavy atom. The lowest BCUT2D eigenvalue weighted by atomic mass is 9.97. The number of carbonyl (C=O) groups excluding carboxylic acids is 2. The molecule has 0 spiro atoms. The fourth-order valence-electron chi connectivity index (χ4n) is 4.49. The first kappa shape index (κ1) is 25.0. The molecule has 2 saturated heterocycles. The monoisotopic (exact) mass is 486 g/mol. The van der Waals surface area contributed by atoms with Crippen LogP contribution in [-0.4, -0.2) is 73.5 Å². The number of nitrogens with zero attached hydrogens (tertiary/aromatic N) is 2. The standard InChI is InChI=1S/C22H31ClN2O6S/c1-14-6-5-7-15(2)25(14)21(26)13-30-22(27)18-8-9-19(23)20(10-18)32(28,29)24-11-16(3)31-17(4)12-24/h8-10,14-17H,5-7,11-13H2,1-4H3/t14-,15+,16-,17-/m1/s1. The van der Waals surface area contributed by atoms with E-state index >= 15 is 0 Å². The number of piperidine rings is 1. The number of benzene rings is 1. The van der Waals surface area contributed by atoms with Gasteiger partial charge in [0.2, 0.25) is 10.0 Å². The van der Waals surface area contributed by atoms with Gasteiger partial charge in [-0.05, 0) is 65.2 Å². The molecule has 2 aliphatic rings. The molecule has 0 saturated carbocycles. The van der Waals surface area contributed by atoms with E-state index in [1.807, 2.05) is 13.8 Å². The Morgan fingerprint density at radius 3 is 2.28 bits per heavy atom. The number of halogens is 1. The van der Waals surface area contributed by atoms with E-state index in [4.69, 9.17) is 21.1 Å². The van der Waals surface area contributed by atoms with E-state index in [9.17, 15) is 18.0 Å². The lowest BCUT2D eigenvalue weighted by Crippen LogP contribution is -2.49. The number of morpholine rings is 1. The average molecular weight is 487 g/mol. The Labute approximate surface area is 194 Å². The molecule has 10 heteroatoms. The maximum Gasteiger partial charge on any atom is 0.338 e. The van der Waals surface area contributed by atoms with Crippen LogP contribution in [0.2, 0.25) is 5.02 Å². The molecule has 2 fully saturated rings. The van der Waals surface area contributed by atoms with Gasteiger partial charge in [0.1, 0.15) is 4.90 Å². The molecule has 8 nitrogen and oxygen atoms in total. The van der Waals surface area contributed by atoms with Crippen LogP contribution in [0.3, 0.4) is 0 Å². The van der Waals surface area contributed by atoms with Gasteiger partial charge in [-0.15, -0.1) is 0 Å². The number of rotatable bonds is 5. The van der Waals surface area contributed by atoms with E-state index < -0.39 is 22.6 Å². The van der Waals surface area contributed by atoms with Crippen molar-refractivity contribution in [2.45, 2.75) is 76.1 Å². The predicted octanol–water partition coefficient (Wildman–Crippen LogP) is 3.08. The van der Waals surface area contributed by atoms with Gasteiger partial charge in [0.25, 0.3) is 5.91 Å². The summed E-state index contributed by atoms with van der Waals surface area (Å²) in [6.45, 7) is 7.56. The number of carbonyl (C=O) groups is 2. The van der Waals surface area contributed by atoms with Crippen LogP contribution in [0.4, 0.5) is 0 Å². The van der Waals surface area contributed by atoms with E-state index in [0.29, 0.717) is 0 Å². The van der Waals surface area contributed by atoms with Crippen LogP contribution in [0.15, 0.2) is 23.1 Å². The van der Waals surface area contributed by atoms with Gasteiger partial charge in [-0.25, -0.2) is 13.2 Å². The molecule has 178 valence electrons. The average Bonchev–Trinajstić information content (AvgIpc) is 2.71. The summed E-state index contributed by atoms with van der Waals surface area (Å²) in [7, 11) is -3.94. The summed E-state index contributed by atoms with van der Waals surface area (Å²) in [5.41, 5.74) is 0.0230. The third-order valence-corrected chi connectivity index (χ3v) is 8.29. The van der Waals surface area contributed by atoms with Gasteiger partial charge in [0.15, 0.2) is 6.61 Å². The number of sulfonamides is 1. The SMILES string of the molecule is C[C@@H]1CN(S(=O)(=O)c2cc(C(=O)OCC(=O)N3[C@H](C)CCC[C@@H]3C)ccc2Cl)C[C@@H](C)O1. The largest absolute Gasteiger partial charge is 0.452 e. The van der Waals surface area contributed by atoms with Gasteiger partial charge in [0.05, 0.1) is 22.8 Å². The van der Waals surface area contributed by atoms with Crippen molar-refractivity contribution in [3.8, 4) is 0 Å². The van der Waals surface area contributed by atoms with E-state index in [1.165, 1.54) is 22.5 Å². The molecule has 2 aliphatic heterocycles. The molecule has 2 heterocycles. The molecule has 0 N–H and O–H groups in total. The fraction of sp³-hybridized carbons (Fsp3) is 0.636. The van der Waals surface area contributed by atoms with Gasteiger partial charge in [-0.3, -0.25) is 4.79 Å². The van der Waals surface area contributed by atoms with Gasteiger partial charge >= 0.3 is 5.97 Å². The molecule has 0 radical (unpaired) electrons. The van der Waals surface area contributed by atoms with Gasteiger partial charge < -0.3 is 14.4 Å². The van der Waals surface area contributed by atoms with Crippen LogP contribution in [0.5, 0.6) is 0 Å². The first-order chi connectivity index (χ1) is 15.0. The number of ether oxygens (including phenoxy) is 2.